The first-order chi connectivity index (χ1) is 15.3. The van der Waals surface area contributed by atoms with E-state index in [1.807, 2.05) is 13.8 Å². The minimum absolute atomic E-state index is 0. The molecule has 2 rings (SSSR count). The average Bonchev–Trinajstić information content (AvgIpc) is 2.73. The molecule has 2 fully saturated rings. The number of rotatable bonds is 5. The van der Waals surface area contributed by atoms with E-state index < -0.39 is 73.7 Å². The van der Waals surface area contributed by atoms with E-state index in [1.165, 1.54) is 20.8 Å². The lowest BCUT2D eigenvalue weighted by Crippen LogP contribution is -2.58. The number of esters is 3. The highest BCUT2D eigenvalue weighted by Gasteiger charge is 2.45. The second-order valence-corrected chi connectivity index (χ2v) is 7.97. The molecule has 0 aromatic rings. The van der Waals surface area contributed by atoms with Gasteiger partial charge in [0.25, 0.3) is 0 Å². The van der Waals surface area contributed by atoms with Crippen LogP contribution in [0.15, 0.2) is 0 Å². The van der Waals surface area contributed by atoms with E-state index in [2.05, 4.69) is 4.74 Å². The molecule has 0 radical (unpaired) electrons. The Hall–Kier alpha value is -1.87. The summed E-state index contributed by atoms with van der Waals surface area (Å²) >= 11 is 0. The van der Waals surface area contributed by atoms with Gasteiger partial charge in [-0.15, -0.1) is 0 Å². The van der Waals surface area contributed by atoms with Crippen molar-refractivity contribution < 1.29 is 65.0 Å². The molecular weight excluding hydrogens is 448 g/mol. The Bertz CT molecular complexity index is 656. The van der Waals surface area contributed by atoms with Crippen LogP contribution < -0.4 is 0 Å². The fourth-order valence-electron chi connectivity index (χ4n) is 3.34. The van der Waals surface area contributed by atoms with E-state index in [0.717, 1.165) is 0 Å². The van der Waals surface area contributed by atoms with Crippen molar-refractivity contribution in [2.24, 2.45) is 11.8 Å². The van der Waals surface area contributed by atoms with Crippen LogP contribution in [-0.2, 0) is 38.1 Å². The Morgan fingerprint density at radius 3 is 1.85 bits per heavy atom. The number of hydrogen-bond donors (Lipinski definition) is 5. The highest BCUT2D eigenvalue weighted by Crippen LogP contribution is 2.33. The van der Waals surface area contributed by atoms with Crippen molar-refractivity contribution in [3.05, 3.63) is 0 Å². The maximum Gasteiger partial charge on any atom is 0.305 e. The predicted octanol–water partition coefficient (Wildman–Crippen LogP) is -2.07. The number of carbonyl (C=O) groups excluding carboxylic acids is 3. The number of hydrogen-bond acceptors (Lipinski definition) is 13. The Balaban J connectivity index is 0.000000713. The number of aliphatic hydroxyl groups excluding tert-OH is 5. The van der Waals surface area contributed by atoms with Gasteiger partial charge in [0, 0.05) is 26.7 Å². The molecule has 194 valence electrons. The molecule has 0 bridgehead atoms. The highest BCUT2D eigenvalue weighted by atomic mass is 16.7. The minimum atomic E-state index is -1.57. The third-order valence-electron chi connectivity index (χ3n) is 5.41. The van der Waals surface area contributed by atoms with Gasteiger partial charge in [0.2, 0.25) is 6.29 Å². The van der Waals surface area contributed by atoms with Gasteiger partial charge >= 0.3 is 17.9 Å². The third kappa shape index (κ3) is 8.45. The van der Waals surface area contributed by atoms with E-state index in [-0.39, 0.29) is 19.9 Å². The maximum atomic E-state index is 11.2. The molecule has 0 saturated carbocycles. The first-order valence-electron chi connectivity index (χ1n) is 10.4. The molecule has 2 saturated heterocycles. The zero-order valence-corrected chi connectivity index (χ0v) is 19.2. The minimum Gasteiger partial charge on any atom is -1.00 e. The summed E-state index contributed by atoms with van der Waals surface area (Å²) in [6.07, 6.45) is -9.16. The third-order valence-corrected chi connectivity index (χ3v) is 5.41. The molecule has 5 N–H and O–H groups in total. The van der Waals surface area contributed by atoms with E-state index in [9.17, 15) is 14.4 Å². The van der Waals surface area contributed by atoms with Gasteiger partial charge < -0.3 is 50.6 Å². The van der Waals surface area contributed by atoms with Crippen molar-refractivity contribution >= 4 is 17.9 Å². The largest absolute Gasteiger partial charge is 1.00 e. The van der Waals surface area contributed by atoms with Gasteiger partial charge in [-0.05, 0) is 5.92 Å². The molecule has 2 aliphatic rings. The van der Waals surface area contributed by atoms with Crippen molar-refractivity contribution in [2.75, 3.05) is 13.2 Å². The van der Waals surface area contributed by atoms with Gasteiger partial charge in [-0.2, -0.15) is 0 Å². The monoisotopic (exact) mass is 484 g/mol. The molecule has 13 nitrogen and oxygen atoms in total. The molecule has 0 aliphatic carbocycles. The summed E-state index contributed by atoms with van der Waals surface area (Å²) in [5.74, 6) is -1.58. The van der Waals surface area contributed by atoms with Crippen LogP contribution in [0.1, 0.15) is 36.0 Å². The molecule has 33 heavy (non-hydrogen) atoms. The lowest BCUT2D eigenvalue weighted by atomic mass is 9.83. The fourth-order valence-corrected chi connectivity index (χ4v) is 3.34. The summed E-state index contributed by atoms with van der Waals surface area (Å²) in [7, 11) is 0. The lowest BCUT2D eigenvalue weighted by molar-refractivity contribution is -0.286. The second kappa shape index (κ2) is 13.1. The van der Waals surface area contributed by atoms with Crippen molar-refractivity contribution in [3.63, 3.8) is 0 Å². The number of aliphatic hydroxyl groups is 5. The van der Waals surface area contributed by atoms with Gasteiger partial charge in [0.05, 0.1) is 12.7 Å². The van der Waals surface area contributed by atoms with E-state index in [4.69, 9.17) is 44.5 Å². The summed E-state index contributed by atoms with van der Waals surface area (Å²) in [4.78, 5) is 33.3. The van der Waals surface area contributed by atoms with Crippen molar-refractivity contribution in [3.8, 4) is 0 Å². The van der Waals surface area contributed by atoms with Crippen molar-refractivity contribution in [1.82, 2.24) is 0 Å². The molecular formula is C20H35O13-. The molecule has 13 heteroatoms. The van der Waals surface area contributed by atoms with Crippen LogP contribution >= 0.6 is 0 Å². The van der Waals surface area contributed by atoms with Crippen LogP contribution in [0.25, 0.3) is 0 Å². The Morgan fingerprint density at radius 1 is 0.788 bits per heavy atom. The van der Waals surface area contributed by atoms with Crippen LogP contribution in [-0.4, -0.2) is 106 Å². The summed E-state index contributed by atoms with van der Waals surface area (Å²) in [5.41, 5.74) is 0. The van der Waals surface area contributed by atoms with Gasteiger partial charge in [-0.25, -0.2) is 0 Å². The van der Waals surface area contributed by atoms with Crippen LogP contribution in [0.2, 0.25) is 0 Å². The van der Waals surface area contributed by atoms with Crippen LogP contribution in [0.3, 0.4) is 0 Å². The zero-order valence-electron chi connectivity index (χ0n) is 20.2. The molecule has 0 amide bonds. The summed E-state index contributed by atoms with van der Waals surface area (Å²) in [6.45, 7) is 7.15. The molecule has 0 aromatic heterocycles. The van der Waals surface area contributed by atoms with Gasteiger partial charge in [0.15, 0.2) is 12.4 Å². The molecule has 4 unspecified atom stereocenters. The van der Waals surface area contributed by atoms with Gasteiger partial charge in [-0.1, -0.05) is 13.8 Å². The highest BCUT2D eigenvalue weighted by molar-refractivity contribution is 5.67. The van der Waals surface area contributed by atoms with Crippen LogP contribution in [0, 0.1) is 11.8 Å². The van der Waals surface area contributed by atoms with E-state index in [0.29, 0.717) is 0 Å². The molecule has 2 aliphatic heterocycles. The molecule has 0 spiro atoms. The van der Waals surface area contributed by atoms with Crippen LogP contribution in [0.5, 0.6) is 0 Å². The predicted molar refractivity (Wildman–Crippen MR) is 108 cm³/mol. The second-order valence-electron chi connectivity index (χ2n) is 7.97. The maximum absolute atomic E-state index is 11.2. The summed E-state index contributed by atoms with van der Waals surface area (Å²) < 4.78 is 25.5. The Morgan fingerprint density at radius 2 is 1.36 bits per heavy atom. The SMILES string of the molecule is CC(=O)OCC1O[C@@H](OC(C)=O)C(OC(C)=O)[C@@H](C)[C@@H]1C.OCC1O[C@@H](O)C(O)[C@@H](O)[C@@H]1O.[2H-]. The van der Waals surface area contributed by atoms with E-state index >= 15 is 0 Å². The first kappa shape index (κ1) is 29.2. The van der Waals surface area contributed by atoms with Crippen LogP contribution in [0.4, 0.5) is 0 Å². The Labute approximate surface area is 192 Å². The normalized spacial score (nSPS) is 38.4. The molecule has 10 atom stereocenters. The molecule has 2 heterocycles. The topological polar surface area (TPSA) is 199 Å². The van der Waals surface area contributed by atoms with Crippen molar-refractivity contribution in [2.45, 2.75) is 83.8 Å². The first-order valence-corrected chi connectivity index (χ1v) is 10.4. The Kier molecular flexibility index (Phi) is 11.6. The van der Waals surface area contributed by atoms with Crippen molar-refractivity contribution in [1.29, 1.82) is 0 Å². The zero-order chi connectivity index (χ0) is 25.5. The standard InChI is InChI=1S/C14H22O7.C6H12O6.H/c1-7-8(2)13(19-10(4)16)14(20-11(5)17)21-12(7)6-18-9(3)15;7-1-2-3(8)4(9)5(10)6(11)12-2;/h7-8,12-14H,6H2,1-5H3;2-11H,1H2;/q;;-1/t7-,8-,12?,13?,14+;2?,3-,4+,5?,6-;/m01./s1/i;;1+1. The molecule has 0 aromatic carbocycles. The smallest absolute Gasteiger partial charge is 0.305 e. The summed E-state index contributed by atoms with van der Waals surface area (Å²) in [6, 6.07) is 0. The summed E-state index contributed by atoms with van der Waals surface area (Å²) in [5, 5.41) is 44.7. The van der Waals surface area contributed by atoms with Gasteiger partial charge in [0.1, 0.15) is 31.0 Å². The van der Waals surface area contributed by atoms with Gasteiger partial charge in [-0.3, -0.25) is 14.4 Å². The average molecular weight is 484 g/mol. The number of ether oxygens (including phenoxy) is 5. The fraction of sp³-hybridized carbons (Fsp3) is 0.850. The lowest BCUT2D eigenvalue weighted by Gasteiger charge is -2.42. The number of carbonyl (C=O) groups is 3. The van der Waals surface area contributed by atoms with E-state index in [1.54, 1.807) is 0 Å². The quantitative estimate of drug-likeness (QED) is 0.211.